The zero-order valence-electron chi connectivity index (χ0n) is 6.19. The highest BCUT2D eigenvalue weighted by Crippen LogP contribution is 2.55. The van der Waals surface area contributed by atoms with E-state index < -0.39 is 5.54 Å². The molecule has 0 spiro atoms. The molecule has 2 nitrogen and oxygen atoms in total. The molecule has 3 fully saturated rings. The summed E-state index contributed by atoms with van der Waals surface area (Å²) in [5, 5.41) is 2.90. The molecule has 0 aromatic rings. The second-order valence-corrected chi connectivity index (χ2v) is 3.97. The quantitative estimate of drug-likeness (QED) is 0.497. The third kappa shape index (κ3) is 0.741. The Morgan fingerprint density at radius 3 is 2.55 bits per heavy atom. The lowest BCUT2D eigenvalue weighted by Crippen LogP contribution is -2.51. The van der Waals surface area contributed by atoms with Crippen molar-refractivity contribution >= 4 is 16.8 Å². The van der Waals surface area contributed by atoms with E-state index in [0.29, 0.717) is 0 Å². The Labute approximate surface area is 70.6 Å². The molecule has 1 saturated carbocycles. The number of nitrogens with one attached hydrogen (secondary N) is 1. The molecule has 0 amide bonds. The van der Waals surface area contributed by atoms with Gasteiger partial charge in [0, 0.05) is 12.0 Å². The second kappa shape index (κ2) is 1.87. The Hall–Kier alpha value is -0.340. The smallest absolute Gasteiger partial charge is 0.241 e. The Balaban J connectivity index is 2.20. The largest absolute Gasteiger partial charge is 0.303 e. The molecule has 0 radical (unpaired) electrons. The van der Waals surface area contributed by atoms with Gasteiger partial charge >= 0.3 is 0 Å². The van der Waals surface area contributed by atoms with Crippen molar-refractivity contribution in [2.75, 3.05) is 6.54 Å². The van der Waals surface area contributed by atoms with Crippen molar-refractivity contribution in [3.8, 4) is 0 Å². The molecule has 0 aromatic carbocycles. The Morgan fingerprint density at radius 2 is 2.27 bits per heavy atom. The maximum absolute atomic E-state index is 10.9. The van der Waals surface area contributed by atoms with Crippen molar-refractivity contribution in [3.63, 3.8) is 0 Å². The molecule has 2 aliphatic heterocycles. The van der Waals surface area contributed by atoms with Crippen molar-refractivity contribution in [1.82, 2.24) is 5.32 Å². The molecule has 3 aliphatic rings. The molecule has 11 heavy (non-hydrogen) atoms. The number of fused-ring (bicyclic) bond motifs is 1. The van der Waals surface area contributed by atoms with Gasteiger partial charge in [-0.3, -0.25) is 4.79 Å². The molecule has 2 bridgehead atoms. The zero-order chi connectivity index (χ0) is 8.11. The Kier molecular flexibility index (Phi) is 1.25. The molecule has 60 valence electrons. The van der Waals surface area contributed by atoms with Crippen LogP contribution in [0.5, 0.6) is 0 Å². The lowest BCUT2D eigenvalue weighted by atomic mass is 9.63. The highest BCUT2D eigenvalue weighted by atomic mass is 35.5. The topological polar surface area (TPSA) is 29.1 Å². The van der Waals surface area contributed by atoms with Gasteiger partial charge in [0.25, 0.3) is 0 Å². The van der Waals surface area contributed by atoms with Gasteiger partial charge in [0.05, 0.1) is 5.54 Å². The fraction of sp³-hybridized carbons (Fsp3) is 0.625. The van der Waals surface area contributed by atoms with Crippen molar-refractivity contribution in [3.05, 3.63) is 12.7 Å². The van der Waals surface area contributed by atoms with Crippen LogP contribution in [0.25, 0.3) is 0 Å². The van der Waals surface area contributed by atoms with Crippen LogP contribution in [-0.2, 0) is 4.79 Å². The molecule has 0 atom stereocenters. The first-order chi connectivity index (χ1) is 5.13. The molecular weight excluding hydrogens is 162 g/mol. The van der Waals surface area contributed by atoms with Gasteiger partial charge in [0.15, 0.2) is 0 Å². The predicted molar refractivity (Wildman–Crippen MR) is 43.5 cm³/mol. The molecule has 2 saturated heterocycles. The average molecular weight is 172 g/mol. The highest BCUT2D eigenvalue weighted by molar-refractivity contribution is 6.65. The summed E-state index contributed by atoms with van der Waals surface area (Å²) in [4.78, 5) is 10.9. The van der Waals surface area contributed by atoms with Crippen LogP contribution in [0.3, 0.4) is 0 Å². The lowest BCUT2D eigenvalue weighted by Gasteiger charge is -2.41. The summed E-state index contributed by atoms with van der Waals surface area (Å²) in [6.07, 6.45) is 3.61. The van der Waals surface area contributed by atoms with E-state index >= 15 is 0 Å². The molecule has 0 aromatic heterocycles. The van der Waals surface area contributed by atoms with E-state index in [1.807, 2.05) is 6.08 Å². The van der Waals surface area contributed by atoms with Crippen LogP contribution in [0.4, 0.5) is 0 Å². The first kappa shape index (κ1) is 7.32. The van der Waals surface area contributed by atoms with E-state index in [4.69, 9.17) is 11.6 Å². The number of rotatable bonds is 2. The fourth-order valence-electron chi connectivity index (χ4n) is 2.17. The van der Waals surface area contributed by atoms with Gasteiger partial charge in [-0.15, -0.1) is 6.58 Å². The summed E-state index contributed by atoms with van der Waals surface area (Å²) in [6, 6.07) is 0. The van der Waals surface area contributed by atoms with Crippen LogP contribution in [0, 0.1) is 5.41 Å². The molecule has 1 N–H and O–H groups in total. The van der Waals surface area contributed by atoms with Crippen LogP contribution in [-0.4, -0.2) is 17.3 Å². The summed E-state index contributed by atoms with van der Waals surface area (Å²) in [6.45, 7) is 4.60. The van der Waals surface area contributed by atoms with E-state index in [2.05, 4.69) is 11.9 Å². The first-order valence-electron chi connectivity index (χ1n) is 3.71. The van der Waals surface area contributed by atoms with Gasteiger partial charge in [0.2, 0.25) is 5.24 Å². The van der Waals surface area contributed by atoms with E-state index in [1.54, 1.807) is 0 Å². The minimum atomic E-state index is -0.393. The predicted octanol–water partition coefficient (Wildman–Crippen LogP) is 1.06. The Bertz CT molecular complexity index is 230. The number of halogens is 1. The summed E-state index contributed by atoms with van der Waals surface area (Å²) in [7, 11) is 0. The van der Waals surface area contributed by atoms with Crippen molar-refractivity contribution < 1.29 is 4.79 Å². The van der Waals surface area contributed by atoms with Gasteiger partial charge in [-0.25, -0.2) is 0 Å². The summed E-state index contributed by atoms with van der Waals surface area (Å²) in [5.41, 5.74) is -0.222. The van der Waals surface area contributed by atoms with Crippen LogP contribution in [0.2, 0.25) is 0 Å². The van der Waals surface area contributed by atoms with Crippen molar-refractivity contribution in [1.29, 1.82) is 0 Å². The van der Waals surface area contributed by atoms with Gasteiger partial charge < -0.3 is 5.32 Å². The lowest BCUT2D eigenvalue weighted by molar-refractivity contribution is -0.120. The van der Waals surface area contributed by atoms with E-state index in [0.717, 1.165) is 19.4 Å². The molecule has 0 unspecified atom stereocenters. The summed E-state index contributed by atoms with van der Waals surface area (Å²) >= 11 is 5.45. The minimum absolute atomic E-state index is 0.171. The van der Waals surface area contributed by atoms with Gasteiger partial charge in [-0.1, -0.05) is 6.08 Å². The third-order valence-electron chi connectivity index (χ3n) is 2.90. The summed E-state index contributed by atoms with van der Waals surface area (Å²) < 4.78 is 0. The first-order valence-corrected chi connectivity index (χ1v) is 4.09. The number of hydrogen-bond donors (Lipinski definition) is 1. The van der Waals surface area contributed by atoms with E-state index in [1.165, 1.54) is 0 Å². The number of carbonyl (C=O) groups excluding carboxylic acids is 1. The maximum Gasteiger partial charge on any atom is 0.241 e. The average Bonchev–Trinajstić information content (AvgIpc) is 2.39. The monoisotopic (exact) mass is 171 g/mol. The van der Waals surface area contributed by atoms with E-state index in [9.17, 15) is 4.79 Å². The number of hydrogen-bond acceptors (Lipinski definition) is 2. The normalized spacial score (nSPS) is 46.6. The molecular formula is C8H10ClNO. The standard InChI is InChI=1S/C8H10ClNO/c1-2-7-3-8(4-7,6(9)11)10-5-7/h2,10H,1,3-5H2. The van der Waals surface area contributed by atoms with Crippen LogP contribution >= 0.6 is 11.6 Å². The fourth-order valence-corrected chi connectivity index (χ4v) is 2.37. The van der Waals surface area contributed by atoms with Crippen LogP contribution in [0.1, 0.15) is 12.8 Å². The second-order valence-electron chi connectivity index (χ2n) is 3.63. The third-order valence-corrected chi connectivity index (χ3v) is 3.26. The van der Waals surface area contributed by atoms with Crippen molar-refractivity contribution in [2.45, 2.75) is 18.4 Å². The minimum Gasteiger partial charge on any atom is -0.303 e. The number of carbonyl (C=O) groups is 1. The molecule has 1 aliphatic carbocycles. The van der Waals surface area contributed by atoms with E-state index in [-0.39, 0.29) is 10.7 Å². The molecule has 3 rings (SSSR count). The van der Waals surface area contributed by atoms with Gasteiger partial charge in [-0.05, 0) is 24.4 Å². The van der Waals surface area contributed by atoms with Crippen LogP contribution < -0.4 is 5.32 Å². The zero-order valence-corrected chi connectivity index (χ0v) is 6.95. The van der Waals surface area contributed by atoms with Crippen molar-refractivity contribution in [2.24, 2.45) is 5.41 Å². The van der Waals surface area contributed by atoms with Gasteiger partial charge in [0.1, 0.15) is 0 Å². The summed E-state index contributed by atoms with van der Waals surface area (Å²) in [5.74, 6) is 0. The maximum atomic E-state index is 10.9. The molecule has 3 heteroatoms. The Morgan fingerprint density at radius 1 is 1.64 bits per heavy atom. The SMILES string of the molecule is C=CC12CNC(C(=O)Cl)(C1)C2. The molecule has 2 heterocycles. The van der Waals surface area contributed by atoms with Crippen LogP contribution in [0.15, 0.2) is 12.7 Å². The van der Waals surface area contributed by atoms with Gasteiger partial charge in [-0.2, -0.15) is 0 Å². The highest BCUT2D eigenvalue weighted by Gasteiger charge is 2.62.